The van der Waals surface area contributed by atoms with Gasteiger partial charge in [-0.2, -0.15) is 4.31 Å². The maximum Gasteiger partial charge on any atom is 0.335 e. The second-order valence-corrected chi connectivity index (χ2v) is 12.0. The van der Waals surface area contributed by atoms with Gasteiger partial charge < -0.3 is 15.2 Å². The molecule has 3 aromatic heterocycles. The third-order valence-corrected chi connectivity index (χ3v) is 9.36. The lowest BCUT2D eigenvalue weighted by molar-refractivity contribution is 0.0696. The number of aromatic nitrogens is 4. The zero-order chi connectivity index (χ0) is 27.9. The third kappa shape index (κ3) is 4.78. The van der Waals surface area contributed by atoms with Gasteiger partial charge in [0.05, 0.1) is 29.0 Å². The molecule has 2 aromatic carbocycles. The van der Waals surface area contributed by atoms with Crippen LogP contribution in [0.2, 0.25) is 0 Å². The summed E-state index contributed by atoms with van der Waals surface area (Å²) in [6, 6.07) is 14.5. The molecule has 1 aliphatic heterocycles. The van der Waals surface area contributed by atoms with Crippen molar-refractivity contribution >= 4 is 38.2 Å². The summed E-state index contributed by atoms with van der Waals surface area (Å²) < 4.78 is 35.1. The molecule has 5 aromatic rings. The number of aromatic carboxylic acids is 1. The van der Waals surface area contributed by atoms with E-state index in [1.54, 1.807) is 13.3 Å². The van der Waals surface area contributed by atoms with Gasteiger partial charge in [0.2, 0.25) is 16.0 Å². The molecule has 204 valence electrons. The predicted molar refractivity (Wildman–Crippen MR) is 150 cm³/mol. The van der Waals surface area contributed by atoms with Gasteiger partial charge >= 0.3 is 5.97 Å². The number of sulfonamides is 1. The summed E-state index contributed by atoms with van der Waals surface area (Å²) in [4.78, 5) is 26.0. The third-order valence-electron chi connectivity index (χ3n) is 6.73. The van der Waals surface area contributed by atoms with E-state index in [2.05, 4.69) is 10.3 Å². The van der Waals surface area contributed by atoms with Crippen molar-refractivity contribution in [3.05, 3.63) is 77.9 Å². The van der Waals surface area contributed by atoms with Crippen LogP contribution in [0.25, 0.3) is 27.6 Å². The highest BCUT2D eigenvalue weighted by molar-refractivity contribution is 7.89. The van der Waals surface area contributed by atoms with E-state index < -0.39 is 16.0 Å². The predicted octanol–water partition coefficient (Wildman–Crippen LogP) is 4.10. The Labute approximate surface area is 233 Å². The maximum atomic E-state index is 13.1. The Morgan fingerprint density at radius 1 is 1.15 bits per heavy atom. The number of hydrogen-bond donors (Lipinski definition) is 2. The van der Waals surface area contributed by atoms with E-state index in [0.29, 0.717) is 24.6 Å². The molecule has 0 saturated carbocycles. The number of anilines is 1. The van der Waals surface area contributed by atoms with E-state index >= 15 is 0 Å². The Kier molecular flexibility index (Phi) is 6.70. The first-order valence-electron chi connectivity index (χ1n) is 12.4. The van der Waals surface area contributed by atoms with Crippen LogP contribution in [0.1, 0.15) is 16.8 Å². The minimum absolute atomic E-state index is 0.0319. The van der Waals surface area contributed by atoms with Crippen LogP contribution in [0.15, 0.2) is 77.3 Å². The number of fused-ring (bicyclic) bond motifs is 1. The number of benzene rings is 2. The Bertz CT molecular complexity index is 1820. The fourth-order valence-corrected chi connectivity index (χ4v) is 6.94. The Balaban J connectivity index is 1.24. The van der Waals surface area contributed by atoms with Gasteiger partial charge in [0.25, 0.3) is 0 Å². The second-order valence-electron chi connectivity index (χ2n) is 9.18. The summed E-state index contributed by atoms with van der Waals surface area (Å²) in [5.74, 6) is 0.000592. The second kappa shape index (κ2) is 10.3. The van der Waals surface area contributed by atoms with E-state index in [9.17, 15) is 13.2 Å². The number of rotatable bonds is 8. The van der Waals surface area contributed by atoms with Crippen LogP contribution in [0, 0.1) is 0 Å². The molecule has 40 heavy (non-hydrogen) atoms. The van der Waals surface area contributed by atoms with Crippen LogP contribution >= 0.6 is 11.3 Å². The fourth-order valence-electron chi connectivity index (χ4n) is 4.73. The molecule has 0 radical (unpaired) electrons. The van der Waals surface area contributed by atoms with Crippen LogP contribution in [-0.4, -0.2) is 69.4 Å². The summed E-state index contributed by atoms with van der Waals surface area (Å²) in [5, 5.41) is 14.3. The van der Waals surface area contributed by atoms with Crippen LogP contribution in [0.3, 0.4) is 0 Å². The van der Waals surface area contributed by atoms with E-state index in [0.717, 1.165) is 27.7 Å². The topological polar surface area (TPSA) is 139 Å². The molecular weight excluding hydrogens is 552 g/mol. The first-order chi connectivity index (χ1) is 19.3. The quantitative estimate of drug-likeness (QED) is 0.279. The van der Waals surface area contributed by atoms with Crippen molar-refractivity contribution in [3.8, 4) is 28.4 Å². The molecule has 2 N–H and O–H groups in total. The van der Waals surface area contributed by atoms with E-state index in [1.165, 1.54) is 39.9 Å². The van der Waals surface area contributed by atoms with Crippen molar-refractivity contribution in [2.24, 2.45) is 0 Å². The molecule has 1 saturated heterocycles. The number of carboxylic acids is 1. The first-order valence-corrected chi connectivity index (χ1v) is 14.7. The van der Waals surface area contributed by atoms with Crippen LogP contribution in [-0.2, 0) is 10.0 Å². The van der Waals surface area contributed by atoms with Gasteiger partial charge in [-0.1, -0.05) is 12.1 Å². The van der Waals surface area contributed by atoms with Crippen LogP contribution < -0.4 is 10.1 Å². The lowest BCUT2D eigenvalue weighted by Gasteiger charge is -2.17. The van der Waals surface area contributed by atoms with Crippen molar-refractivity contribution in [1.29, 1.82) is 0 Å². The van der Waals surface area contributed by atoms with Crippen molar-refractivity contribution in [1.82, 2.24) is 23.7 Å². The van der Waals surface area contributed by atoms with Crippen molar-refractivity contribution < 1.29 is 23.1 Å². The number of thiazole rings is 1. The van der Waals surface area contributed by atoms with E-state index in [1.807, 2.05) is 46.3 Å². The lowest BCUT2D eigenvalue weighted by atomic mass is 10.1. The first kappa shape index (κ1) is 25.9. The minimum atomic E-state index is -3.77. The fraction of sp³-hybridized carbons (Fsp3) is 0.185. The van der Waals surface area contributed by atoms with Gasteiger partial charge in [0.1, 0.15) is 11.4 Å². The van der Waals surface area contributed by atoms with Crippen LogP contribution in [0.5, 0.6) is 5.75 Å². The summed E-state index contributed by atoms with van der Waals surface area (Å²) in [7, 11) is -2.15. The average molecular weight is 577 g/mol. The zero-order valence-electron chi connectivity index (χ0n) is 21.3. The highest BCUT2D eigenvalue weighted by Crippen LogP contribution is 2.35. The van der Waals surface area contributed by atoms with Gasteiger partial charge in [-0.25, -0.2) is 28.2 Å². The SMILES string of the molecule is COc1cccc(-c2nc3sccn3c2-c2ccnc(N[C@@H]3CCN(S(=O)(=O)c4ccc(C(=O)O)cc4)C3)n2)c1. The molecule has 0 spiro atoms. The normalized spacial score (nSPS) is 15.9. The average Bonchev–Trinajstić information content (AvgIpc) is 3.70. The smallest absolute Gasteiger partial charge is 0.335 e. The van der Waals surface area contributed by atoms with Gasteiger partial charge in [-0.3, -0.25) is 4.40 Å². The van der Waals surface area contributed by atoms with Gasteiger partial charge in [-0.05, 0) is 48.9 Å². The van der Waals surface area contributed by atoms with Gasteiger partial charge in [0.15, 0.2) is 4.96 Å². The molecule has 0 aliphatic carbocycles. The molecule has 11 nitrogen and oxygen atoms in total. The number of methoxy groups -OCH3 is 1. The molecule has 1 aliphatic rings. The molecule has 1 atom stereocenters. The number of carbonyl (C=O) groups is 1. The van der Waals surface area contributed by atoms with E-state index in [-0.39, 0.29) is 23.0 Å². The standard InChI is InChI=1S/C27H24N6O5S2/c1-38-20-4-2-3-18(15-20)23-24(33-13-14-39-27(33)31-23)22-9-11-28-26(30-22)29-19-10-12-32(16-19)40(36,37)21-7-5-17(6-8-21)25(34)35/h2-9,11,13-15,19H,10,12,16H2,1H3,(H,34,35)(H,28,29,30)/t19-/m1/s1. The summed E-state index contributed by atoms with van der Waals surface area (Å²) in [5.41, 5.74) is 3.18. The number of ether oxygens (including phenoxy) is 1. The molecule has 4 heterocycles. The highest BCUT2D eigenvalue weighted by atomic mass is 32.2. The Morgan fingerprint density at radius 2 is 1.98 bits per heavy atom. The number of carboxylic acid groups (broad SMARTS) is 1. The molecule has 6 rings (SSSR count). The molecule has 0 amide bonds. The van der Waals surface area contributed by atoms with Crippen LogP contribution in [0.4, 0.5) is 5.95 Å². The van der Waals surface area contributed by atoms with Gasteiger partial charge in [0, 0.05) is 42.5 Å². The molecule has 1 fully saturated rings. The molecular formula is C27H24N6O5S2. The van der Waals surface area contributed by atoms with E-state index in [4.69, 9.17) is 19.8 Å². The van der Waals surface area contributed by atoms with Gasteiger partial charge in [-0.15, -0.1) is 11.3 Å². The Morgan fingerprint density at radius 3 is 2.75 bits per heavy atom. The Hall–Kier alpha value is -4.33. The minimum Gasteiger partial charge on any atom is -0.497 e. The van der Waals surface area contributed by atoms with Crippen molar-refractivity contribution in [2.75, 3.05) is 25.5 Å². The monoisotopic (exact) mass is 576 g/mol. The number of nitrogens with one attached hydrogen (secondary N) is 1. The summed E-state index contributed by atoms with van der Waals surface area (Å²) in [6.45, 7) is 0.547. The largest absolute Gasteiger partial charge is 0.497 e. The maximum absolute atomic E-state index is 13.1. The molecule has 0 bridgehead atoms. The zero-order valence-corrected chi connectivity index (χ0v) is 22.9. The highest BCUT2D eigenvalue weighted by Gasteiger charge is 2.33. The number of nitrogens with zero attached hydrogens (tertiary/aromatic N) is 5. The number of imidazole rings is 1. The molecule has 0 unspecified atom stereocenters. The molecule has 13 heteroatoms. The summed E-state index contributed by atoms with van der Waals surface area (Å²) >= 11 is 1.52. The number of hydrogen-bond acceptors (Lipinski definition) is 9. The van der Waals surface area contributed by atoms with Crippen molar-refractivity contribution in [3.63, 3.8) is 0 Å². The van der Waals surface area contributed by atoms with Crippen molar-refractivity contribution in [2.45, 2.75) is 17.4 Å². The lowest BCUT2D eigenvalue weighted by Crippen LogP contribution is -2.32. The summed E-state index contributed by atoms with van der Waals surface area (Å²) in [6.07, 6.45) is 4.18.